The van der Waals surface area contributed by atoms with E-state index < -0.39 is 11.4 Å². The zero-order chi connectivity index (χ0) is 11.9. The molecule has 0 aromatic carbocycles. The average Bonchev–Trinajstić information content (AvgIpc) is 2.06. The lowest BCUT2D eigenvalue weighted by atomic mass is 10.1. The molecule has 0 fully saturated rings. The topological polar surface area (TPSA) is 98.4 Å². The van der Waals surface area contributed by atoms with E-state index in [0.717, 1.165) is 0 Å². The van der Waals surface area contributed by atoms with Gasteiger partial charge >= 0.3 is 0 Å². The molecule has 1 amide bonds. The second kappa shape index (κ2) is 6.26. The molecule has 0 heterocycles. The van der Waals surface area contributed by atoms with Gasteiger partial charge in [0.25, 0.3) is 0 Å². The summed E-state index contributed by atoms with van der Waals surface area (Å²) in [5, 5.41) is 1.20. The maximum atomic E-state index is 10.9. The van der Waals surface area contributed by atoms with Crippen molar-refractivity contribution in [2.45, 2.75) is 40.2 Å². The minimum Gasteiger partial charge on any atom is -0.401 e. The molecule has 0 unspecified atom stereocenters. The fourth-order valence-corrected chi connectivity index (χ4v) is 0.508. The van der Waals surface area contributed by atoms with Crippen LogP contribution in [0, 0.1) is 0 Å². The summed E-state index contributed by atoms with van der Waals surface area (Å²) < 4.78 is 0. The minimum atomic E-state index is -0.916. The predicted molar refractivity (Wildman–Crippen MR) is 58.6 cm³/mol. The normalized spacial score (nSPS) is 11.4. The van der Waals surface area contributed by atoms with Gasteiger partial charge in [-0.1, -0.05) is 13.8 Å². The lowest BCUT2D eigenvalue weighted by Gasteiger charge is -2.30. The molecule has 0 spiro atoms. The number of primary amides is 1. The quantitative estimate of drug-likeness (QED) is 0.452. The Kier molecular flexibility index (Phi) is 6.82. The number of carbonyl (C=O) groups excluding carboxylic acids is 1. The van der Waals surface area contributed by atoms with Crippen LogP contribution in [0.15, 0.2) is 11.9 Å². The molecule has 0 rings (SSSR count). The van der Waals surface area contributed by atoms with Gasteiger partial charge in [0.2, 0.25) is 5.91 Å². The summed E-state index contributed by atoms with van der Waals surface area (Å²) in [6.07, 6.45) is 1.46. The monoisotopic (exact) mass is 202 g/mol. The molecule has 0 bridgehead atoms. The van der Waals surface area contributed by atoms with Gasteiger partial charge in [-0.3, -0.25) is 4.79 Å². The van der Waals surface area contributed by atoms with Gasteiger partial charge in [-0.15, -0.1) is 0 Å². The molecule has 0 saturated heterocycles. The van der Waals surface area contributed by atoms with Gasteiger partial charge in [-0.25, -0.2) is 5.84 Å². The van der Waals surface area contributed by atoms with Gasteiger partial charge in [0.05, 0.1) is 0 Å². The number of hydrogen-bond donors (Lipinski definition) is 3. The van der Waals surface area contributed by atoms with Crippen molar-refractivity contribution in [2.75, 3.05) is 0 Å². The van der Waals surface area contributed by atoms with E-state index in [-0.39, 0.29) is 0 Å². The van der Waals surface area contributed by atoms with Gasteiger partial charge in [0.15, 0.2) is 0 Å². The van der Waals surface area contributed by atoms with E-state index in [9.17, 15) is 4.79 Å². The van der Waals surface area contributed by atoms with E-state index in [0.29, 0.717) is 5.70 Å². The highest BCUT2D eigenvalue weighted by atomic mass is 16.1. The first-order valence-corrected chi connectivity index (χ1v) is 4.56. The van der Waals surface area contributed by atoms with E-state index in [1.165, 1.54) is 11.2 Å². The fraction of sp³-hybridized carbons (Fsp3) is 0.667. The lowest BCUT2D eigenvalue weighted by Crippen LogP contribution is -2.54. The van der Waals surface area contributed by atoms with E-state index in [1.807, 2.05) is 13.8 Å². The highest BCUT2D eigenvalue weighted by Gasteiger charge is 2.28. The highest BCUT2D eigenvalue weighted by Crippen LogP contribution is 2.09. The maximum Gasteiger partial charge on any atom is 0.244 e. The number of amides is 1. The van der Waals surface area contributed by atoms with Crippen LogP contribution in [-0.4, -0.2) is 16.5 Å². The van der Waals surface area contributed by atoms with Crippen LogP contribution in [0.25, 0.3) is 0 Å². The molecular formula is C9H22N4O. The minimum absolute atomic E-state index is 0.498. The summed E-state index contributed by atoms with van der Waals surface area (Å²) in [6, 6.07) is 0. The molecule has 0 aromatic heterocycles. The molecule has 0 radical (unpaired) electrons. The number of nitrogens with zero attached hydrogens (tertiary/aromatic N) is 1. The summed E-state index contributed by atoms with van der Waals surface area (Å²) in [5.41, 5.74) is 10.1. The Morgan fingerprint density at radius 2 is 1.64 bits per heavy atom. The van der Waals surface area contributed by atoms with E-state index >= 15 is 0 Å². The summed E-state index contributed by atoms with van der Waals surface area (Å²) >= 11 is 0. The average molecular weight is 202 g/mol. The Hall–Kier alpha value is -1.23. The number of hydrazine groups is 1. The van der Waals surface area contributed by atoms with Crippen LogP contribution in [0.3, 0.4) is 0 Å². The standard InChI is InChI=1S/C7H16N4O.C2H6/c1-5(8)4-11(10)7(2,3)6(9)12;1-2/h4H,8,10H2,1-3H3,(H2,9,12);1-2H3/b5-4-;. The van der Waals surface area contributed by atoms with Crippen LogP contribution in [-0.2, 0) is 4.79 Å². The molecule has 0 aliphatic carbocycles. The first-order valence-electron chi connectivity index (χ1n) is 4.56. The first-order chi connectivity index (χ1) is 6.28. The van der Waals surface area contributed by atoms with Crippen molar-refractivity contribution in [3.05, 3.63) is 11.9 Å². The van der Waals surface area contributed by atoms with Gasteiger partial charge in [0, 0.05) is 11.9 Å². The van der Waals surface area contributed by atoms with Crippen molar-refractivity contribution >= 4 is 5.91 Å². The molecule has 0 aliphatic rings. The van der Waals surface area contributed by atoms with Crippen molar-refractivity contribution in [1.82, 2.24) is 5.01 Å². The van der Waals surface area contributed by atoms with Gasteiger partial charge in [0.1, 0.15) is 5.54 Å². The Morgan fingerprint density at radius 3 is 1.86 bits per heavy atom. The summed E-state index contributed by atoms with van der Waals surface area (Å²) in [7, 11) is 0. The highest BCUT2D eigenvalue weighted by molar-refractivity contribution is 5.83. The number of carbonyl (C=O) groups is 1. The van der Waals surface area contributed by atoms with Crippen molar-refractivity contribution in [2.24, 2.45) is 17.3 Å². The second-order valence-corrected chi connectivity index (χ2v) is 3.20. The van der Waals surface area contributed by atoms with Crippen LogP contribution >= 0.6 is 0 Å². The Morgan fingerprint density at radius 1 is 1.29 bits per heavy atom. The van der Waals surface area contributed by atoms with E-state index in [1.54, 1.807) is 20.8 Å². The van der Waals surface area contributed by atoms with Gasteiger partial charge in [-0.05, 0) is 20.8 Å². The molecule has 0 saturated carbocycles. The Bertz CT molecular complexity index is 207. The third-order valence-electron chi connectivity index (χ3n) is 1.59. The molecule has 6 N–H and O–H groups in total. The number of allylic oxidation sites excluding steroid dienone is 1. The number of rotatable bonds is 3. The fourth-order valence-electron chi connectivity index (χ4n) is 0.508. The third-order valence-corrected chi connectivity index (χ3v) is 1.59. The molecule has 0 atom stereocenters. The van der Waals surface area contributed by atoms with Crippen LogP contribution in [0.1, 0.15) is 34.6 Å². The van der Waals surface area contributed by atoms with Crippen LogP contribution < -0.4 is 17.3 Å². The number of hydrogen-bond acceptors (Lipinski definition) is 4. The first kappa shape index (κ1) is 15.3. The summed E-state index contributed by atoms with van der Waals surface area (Å²) in [4.78, 5) is 10.9. The smallest absolute Gasteiger partial charge is 0.244 e. The van der Waals surface area contributed by atoms with Crippen LogP contribution in [0.5, 0.6) is 0 Å². The molecular weight excluding hydrogens is 180 g/mol. The zero-order valence-corrected chi connectivity index (χ0v) is 9.66. The Labute approximate surface area is 85.9 Å². The second-order valence-electron chi connectivity index (χ2n) is 3.20. The Balaban J connectivity index is 0. The van der Waals surface area contributed by atoms with E-state index in [2.05, 4.69) is 0 Å². The van der Waals surface area contributed by atoms with E-state index in [4.69, 9.17) is 17.3 Å². The molecule has 14 heavy (non-hydrogen) atoms. The summed E-state index contributed by atoms with van der Waals surface area (Å²) in [5.74, 6) is 5.03. The van der Waals surface area contributed by atoms with Crippen molar-refractivity contribution in [1.29, 1.82) is 0 Å². The van der Waals surface area contributed by atoms with Gasteiger partial charge in [-0.2, -0.15) is 0 Å². The number of nitrogens with two attached hydrogens (primary N) is 3. The lowest BCUT2D eigenvalue weighted by molar-refractivity contribution is -0.126. The predicted octanol–water partition coefficient (Wildman–Crippen LogP) is 0.272. The molecule has 0 aromatic rings. The van der Waals surface area contributed by atoms with Gasteiger partial charge < -0.3 is 16.5 Å². The van der Waals surface area contributed by atoms with Crippen LogP contribution in [0.4, 0.5) is 0 Å². The largest absolute Gasteiger partial charge is 0.401 e. The third kappa shape index (κ3) is 4.71. The van der Waals surface area contributed by atoms with Crippen molar-refractivity contribution in [3.63, 3.8) is 0 Å². The molecule has 5 nitrogen and oxygen atoms in total. The van der Waals surface area contributed by atoms with Crippen molar-refractivity contribution in [3.8, 4) is 0 Å². The van der Waals surface area contributed by atoms with Crippen LogP contribution in [0.2, 0.25) is 0 Å². The SMILES string of the molecule is C/C(N)=C/N(N)C(C)(C)C(N)=O.CC. The zero-order valence-electron chi connectivity index (χ0n) is 9.66. The molecule has 84 valence electrons. The molecule has 0 aliphatic heterocycles. The maximum absolute atomic E-state index is 10.9. The van der Waals surface area contributed by atoms with Crippen molar-refractivity contribution < 1.29 is 4.79 Å². The summed E-state index contributed by atoms with van der Waals surface area (Å²) in [6.45, 7) is 8.92. The molecule has 5 heteroatoms.